The Balaban J connectivity index is 4.26. The van der Waals surface area contributed by atoms with Gasteiger partial charge in [-0.15, -0.1) is 0 Å². The van der Waals surface area contributed by atoms with Gasteiger partial charge in [-0.2, -0.15) is 0 Å². The first kappa shape index (κ1) is 11.7. The van der Waals surface area contributed by atoms with Gasteiger partial charge in [0.05, 0.1) is 0 Å². The average molecular weight is 168 g/mol. The number of hydrogen-bond acceptors (Lipinski definition) is 0. The Bertz CT molecular complexity index is 142. The fourth-order valence-corrected chi connectivity index (χ4v) is 1.70. The van der Waals surface area contributed by atoms with Crippen molar-refractivity contribution in [3.63, 3.8) is 0 Å². The van der Waals surface area contributed by atoms with Gasteiger partial charge in [0, 0.05) is 0 Å². The van der Waals surface area contributed by atoms with Gasteiger partial charge in [-0.25, -0.2) is 0 Å². The molecule has 0 spiro atoms. The minimum absolute atomic E-state index is 0.750. The lowest BCUT2D eigenvalue weighted by atomic mass is 9.81. The molecule has 0 saturated heterocycles. The van der Waals surface area contributed by atoms with Crippen molar-refractivity contribution in [2.24, 2.45) is 17.8 Å². The summed E-state index contributed by atoms with van der Waals surface area (Å²) in [7, 11) is 0. The molecule has 0 N–H and O–H groups in total. The van der Waals surface area contributed by atoms with Crippen LogP contribution in [-0.4, -0.2) is 0 Å². The van der Waals surface area contributed by atoms with Crippen molar-refractivity contribution in [3.8, 4) is 0 Å². The zero-order chi connectivity index (χ0) is 9.72. The third-order valence-electron chi connectivity index (χ3n) is 3.20. The lowest BCUT2D eigenvalue weighted by Gasteiger charge is -2.25. The van der Waals surface area contributed by atoms with Crippen LogP contribution >= 0.6 is 0 Å². The van der Waals surface area contributed by atoms with Crippen molar-refractivity contribution in [2.45, 2.75) is 48.0 Å². The normalized spacial score (nSPS) is 18.1. The smallest absolute Gasteiger partial charge is 0.0204 e. The fraction of sp³-hybridized carbons (Fsp3) is 0.833. The number of allylic oxidation sites excluding steroid dienone is 2. The summed E-state index contributed by atoms with van der Waals surface area (Å²) >= 11 is 0. The maximum atomic E-state index is 2.36. The predicted octanol–water partition coefficient (Wildman–Crippen LogP) is 4.27. The van der Waals surface area contributed by atoms with Crippen LogP contribution in [0.4, 0.5) is 0 Å². The summed E-state index contributed by atoms with van der Waals surface area (Å²) in [5, 5.41) is 0. The largest absolute Gasteiger partial charge is 0.0882 e. The van der Waals surface area contributed by atoms with Crippen molar-refractivity contribution < 1.29 is 0 Å². The zero-order valence-electron chi connectivity index (χ0n) is 9.52. The first-order chi connectivity index (χ1) is 5.54. The summed E-state index contributed by atoms with van der Waals surface area (Å²) in [5.41, 5.74) is 1.61. The van der Waals surface area contributed by atoms with E-state index in [1.54, 1.807) is 5.57 Å². The first-order valence-corrected chi connectivity index (χ1v) is 5.19. The molecule has 0 amide bonds. The molecule has 0 aliphatic carbocycles. The average Bonchev–Trinajstić information content (AvgIpc) is 2.05. The van der Waals surface area contributed by atoms with E-state index in [1.165, 1.54) is 6.42 Å². The molecule has 0 radical (unpaired) electrons. The minimum Gasteiger partial charge on any atom is -0.0882 e. The van der Waals surface area contributed by atoms with Gasteiger partial charge in [0.25, 0.3) is 0 Å². The molecule has 0 aliphatic rings. The van der Waals surface area contributed by atoms with Crippen LogP contribution in [0.1, 0.15) is 48.0 Å². The van der Waals surface area contributed by atoms with Crippen LogP contribution in [0, 0.1) is 17.8 Å². The number of rotatable bonds is 4. The quantitative estimate of drug-likeness (QED) is 0.550. The second-order valence-corrected chi connectivity index (χ2v) is 4.11. The Morgan fingerprint density at radius 1 is 1.17 bits per heavy atom. The molecule has 72 valence electrons. The zero-order valence-corrected chi connectivity index (χ0v) is 9.52. The molecule has 0 rings (SSSR count). The lowest BCUT2D eigenvalue weighted by Crippen LogP contribution is -2.16. The second kappa shape index (κ2) is 5.40. The van der Waals surface area contributed by atoms with E-state index in [1.807, 2.05) is 0 Å². The van der Waals surface area contributed by atoms with Crippen molar-refractivity contribution in [2.75, 3.05) is 0 Å². The van der Waals surface area contributed by atoms with Gasteiger partial charge in [0.2, 0.25) is 0 Å². The summed E-state index contributed by atoms with van der Waals surface area (Å²) in [5.74, 6) is 2.35. The molecule has 2 atom stereocenters. The summed E-state index contributed by atoms with van der Waals surface area (Å²) < 4.78 is 0. The van der Waals surface area contributed by atoms with Crippen LogP contribution < -0.4 is 0 Å². The highest BCUT2D eigenvalue weighted by molar-refractivity contribution is 5.05. The molecule has 0 aromatic carbocycles. The summed E-state index contributed by atoms with van der Waals surface area (Å²) in [6.45, 7) is 13.7. The molecule has 0 saturated carbocycles. The Labute approximate surface area is 78.1 Å². The lowest BCUT2D eigenvalue weighted by molar-refractivity contribution is 0.326. The van der Waals surface area contributed by atoms with Crippen LogP contribution in [0.5, 0.6) is 0 Å². The van der Waals surface area contributed by atoms with E-state index >= 15 is 0 Å². The topological polar surface area (TPSA) is 0 Å². The molecule has 0 aromatic heterocycles. The highest BCUT2D eigenvalue weighted by Gasteiger charge is 2.17. The van der Waals surface area contributed by atoms with Gasteiger partial charge in [-0.05, 0) is 31.1 Å². The van der Waals surface area contributed by atoms with E-state index in [0.717, 1.165) is 17.8 Å². The van der Waals surface area contributed by atoms with Gasteiger partial charge < -0.3 is 0 Å². The Morgan fingerprint density at radius 2 is 1.67 bits per heavy atom. The van der Waals surface area contributed by atoms with Gasteiger partial charge >= 0.3 is 0 Å². The Hall–Kier alpha value is -0.260. The van der Waals surface area contributed by atoms with E-state index in [0.29, 0.717) is 0 Å². The molecule has 2 unspecified atom stereocenters. The molecule has 0 heterocycles. The monoisotopic (exact) mass is 168 g/mol. The van der Waals surface area contributed by atoms with Gasteiger partial charge in [0.15, 0.2) is 0 Å². The van der Waals surface area contributed by atoms with Crippen molar-refractivity contribution in [1.29, 1.82) is 0 Å². The molecule has 0 nitrogen and oxygen atoms in total. The van der Waals surface area contributed by atoms with Gasteiger partial charge in [-0.1, -0.05) is 46.3 Å². The van der Waals surface area contributed by atoms with Crippen LogP contribution in [0.2, 0.25) is 0 Å². The summed E-state index contributed by atoms with van der Waals surface area (Å²) in [6, 6.07) is 0. The standard InChI is InChI=1S/C12H24/c1-7-12(8-2)11(6)10(5)9(3)4/h7,9-11H,8H2,1-6H3. The van der Waals surface area contributed by atoms with Crippen LogP contribution in [-0.2, 0) is 0 Å². The van der Waals surface area contributed by atoms with Crippen molar-refractivity contribution in [1.82, 2.24) is 0 Å². The second-order valence-electron chi connectivity index (χ2n) is 4.11. The molecule has 12 heavy (non-hydrogen) atoms. The first-order valence-electron chi connectivity index (χ1n) is 5.19. The molecular formula is C12H24. The molecular weight excluding hydrogens is 144 g/mol. The molecule has 0 heteroatoms. The Morgan fingerprint density at radius 3 is 1.92 bits per heavy atom. The van der Waals surface area contributed by atoms with E-state index in [2.05, 4.69) is 47.6 Å². The predicted molar refractivity (Wildman–Crippen MR) is 57.2 cm³/mol. The van der Waals surface area contributed by atoms with E-state index < -0.39 is 0 Å². The van der Waals surface area contributed by atoms with Crippen molar-refractivity contribution in [3.05, 3.63) is 11.6 Å². The van der Waals surface area contributed by atoms with E-state index in [-0.39, 0.29) is 0 Å². The molecule has 0 bridgehead atoms. The SMILES string of the molecule is CC=C(CC)C(C)C(C)C(C)C. The number of hydrogen-bond donors (Lipinski definition) is 0. The van der Waals surface area contributed by atoms with Crippen molar-refractivity contribution >= 4 is 0 Å². The maximum Gasteiger partial charge on any atom is -0.0204 e. The highest BCUT2D eigenvalue weighted by atomic mass is 14.2. The molecule has 0 aromatic rings. The third kappa shape index (κ3) is 3.00. The highest BCUT2D eigenvalue weighted by Crippen LogP contribution is 2.27. The summed E-state index contributed by atoms with van der Waals surface area (Å²) in [6.07, 6.45) is 3.48. The van der Waals surface area contributed by atoms with E-state index in [9.17, 15) is 0 Å². The van der Waals surface area contributed by atoms with Crippen LogP contribution in [0.25, 0.3) is 0 Å². The van der Waals surface area contributed by atoms with E-state index in [4.69, 9.17) is 0 Å². The molecule has 0 fully saturated rings. The third-order valence-corrected chi connectivity index (χ3v) is 3.20. The Kier molecular flexibility index (Phi) is 5.28. The van der Waals surface area contributed by atoms with Crippen LogP contribution in [0.3, 0.4) is 0 Å². The maximum absolute atomic E-state index is 2.36. The fourth-order valence-electron chi connectivity index (χ4n) is 1.70. The molecule has 0 aliphatic heterocycles. The van der Waals surface area contributed by atoms with Crippen LogP contribution in [0.15, 0.2) is 11.6 Å². The van der Waals surface area contributed by atoms with Gasteiger partial charge in [0.1, 0.15) is 0 Å². The summed E-state index contributed by atoms with van der Waals surface area (Å²) in [4.78, 5) is 0. The van der Waals surface area contributed by atoms with Gasteiger partial charge in [-0.3, -0.25) is 0 Å². The minimum atomic E-state index is 0.750.